The van der Waals surface area contributed by atoms with E-state index in [-0.39, 0.29) is 6.61 Å². The summed E-state index contributed by atoms with van der Waals surface area (Å²) < 4.78 is 0. The topological polar surface area (TPSA) is 63.3 Å². The molecule has 0 aliphatic heterocycles. The van der Waals surface area contributed by atoms with Crippen molar-refractivity contribution in [3.63, 3.8) is 0 Å². The molecule has 0 aliphatic carbocycles. The minimum Gasteiger partial charge on any atom is -0.392 e. The molecule has 0 fully saturated rings. The van der Waals surface area contributed by atoms with E-state index in [0.717, 1.165) is 16.3 Å². The maximum absolute atomic E-state index is 11.1. The number of amides is 1. The summed E-state index contributed by atoms with van der Waals surface area (Å²) in [6.07, 6.45) is 0. The van der Waals surface area contributed by atoms with E-state index in [0.29, 0.717) is 5.56 Å². The van der Waals surface area contributed by atoms with Gasteiger partial charge in [0.15, 0.2) is 0 Å². The second kappa shape index (κ2) is 3.71. The number of rotatable bonds is 2. The van der Waals surface area contributed by atoms with Gasteiger partial charge in [0.25, 0.3) is 0 Å². The van der Waals surface area contributed by atoms with Gasteiger partial charge in [-0.2, -0.15) is 0 Å². The Morgan fingerprint density at radius 3 is 2.73 bits per heavy atom. The van der Waals surface area contributed by atoms with Gasteiger partial charge in [0.05, 0.1) is 6.61 Å². The zero-order chi connectivity index (χ0) is 10.8. The van der Waals surface area contributed by atoms with Crippen LogP contribution < -0.4 is 5.73 Å². The third kappa shape index (κ3) is 1.69. The lowest BCUT2D eigenvalue weighted by molar-refractivity contribution is 0.100. The first-order valence-corrected chi connectivity index (χ1v) is 4.64. The molecule has 0 unspecified atom stereocenters. The van der Waals surface area contributed by atoms with Crippen LogP contribution in [-0.4, -0.2) is 11.0 Å². The quantitative estimate of drug-likeness (QED) is 0.772. The predicted octanol–water partition coefficient (Wildman–Crippen LogP) is 1.43. The van der Waals surface area contributed by atoms with Gasteiger partial charge >= 0.3 is 0 Å². The first kappa shape index (κ1) is 9.68. The molecule has 0 heterocycles. The average molecular weight is 201 g/mol. The average Bonchev–Trinajstić information content (AvgIpc) is 2.27. The summed E-state index contributed by atoms with van der Waals surface area (Å²) >= 11 is 0. The van der Waals surface area contributed by atoms with Crippen molar-refractivity contribution in [1.82, 2.24) is 0 Å². The molecule has 15 heavy (non-hydrogen) atoms. The zero-order valence-electron chi connectivity index (χ0n) is 8.10. The van der Waals surface area contributed by atoms with Crippen LogP contribution in [0.4, 0.5) is 0 Å². The first-order chi connectivity index (χ1) is 7.22. The summed E-state index contributed by atoms with van der Waals surface area (Å²) in [6, 6.07) is 10.8. The van der Waals surface area contributed by atoms with Crippen molar-refractivity contribution in [1.29, 1.82) is 0 Å². The normalized spacial score (nSPS) is 10.5. The number of hydrogen-bond donors (Lipinski definition) is 2. The summed E-state index contributed by atoms with van der Waals surface area (Å²) in [5, 5.41) is 10.7. The molecule has 3 N–H and O–H groups in total. The number of carbonyl (C=O) groups excluding carboxylic acids is 1. The van der Waals surface area contributed by atoms with E-state index in [1.54, 1.807) is 24.3 Å². The second-order valence-electron chi connectivity index (χ2n) is 3.38. The van der Waals surface area contributed by atoms with Gasteiger partial charge in [0.1, 0.15) is 0 Å². The minimum absolute atomic E-state index is 0.00324. The molecule has 3 nitrogen and oxygen atoms in total. The van der Waals surface area contributed by atoms with Crippen molar-refractivity contribution in [3.05, 3.63) is 47.5 Å². The lowest BCUT2D eigenvalue weighted by Crippen LogP contribution is -2.11. The van der Waals surface area contributed by atoms with Crippen LogP contribution >= 0.6 is 0 Å². The highest BCUT2D eigenvalue weighted by molar-refractivity contribution is 6.06. The number of aliphatic hydroxyl groups excluding tert-OH is 1. The summed E-state index contributed by atoms with van der Waals surface area (Å²) in [7, 11) is 0. The number of benzene rings is 2. The van der Waals surface area contributed by atoms with Crippen molar-refractivity contribution in [2.45, 2.75) is 6.61 Å². The van der Waals surface area contributed by atoms with Crippen LogP contribution in [-0.2, 0) is 6.61 Å². The van der Waals surface area contributed by atoms with E-state index in [4.69, 9.17) is 10.8 Å². The Bertz CT molecular complexity index is 520. The maximum atomic E-state index is 11.1. The Balaban J connectivity index is 2.72. The van der Waals surface area contributed by atoms with Gasteiger partial charge in [-0.15, -0.1) is 0 Å². The lowest BCUT2D eigenvalue weighted by atomic mass is 10.0. The number of carbonyl (C=O) groups is 1. The maximum Gasteiger partial charge on any atom is 0.249 e. The molecule has 3 heteroatoms. The van der Waals surface area contributed by atoms with Crippen LogP contribution in [0.5, 0.6) is 0 Å². The SMILES string of the molecule is NC(=O)c1cccc2cc(CO)ccc12. The zero-order valence-corrected chi connectivity index (χ0v) is 8.10. The highest BCUT2D eigenvalue weighted by atomic mass is 16.3. The molecule has 0 atom stereocenters. The monoisotopic (exact) mass is 201 g/mol. The predicted molar refractivity (Wildman–Crippen MR) is 58.4 cm³/mol. The number of hydrogen-bond acceptors (Lipinski definition) is 2. The summed E-state index contributed by atoms with van der Waals surface area (Å²) in [6.45, 7) is -0.00324. The van der Waals surface area contributed by atoms with Crippen molar-refractivity contribution in [3.8, 4) is 0 Å². The molecule has 0 aromatic heterocycles. The molecule has 0 saturated carbocycles. The number of aliphatic hydroxyl groups is 1. The number of primary amides is 1. The van der Waals surface area contributed by atoms with Crippen LogP contribution in [0.25, 0.3) is 10.8 Å². The molecule has 2 aromatic rings. The first-order valence-electron chi connectivity index (χ1n) is 4.64. The molecule has 0 saturated heterocycles. The van der Waals surface area contributed by atoms with E-state index in [1.165, 1.54) is 0 Å². The van der Waals surface area contributed by atoms with Crippen LogP contribution in [0.2, 0.25) is 0 Å². The van der Waals surface area contributed by atoms with Crippen molar-refractivity contribution in [2.75, 3.05) is 0 Å². The van der Waals surface area contributed by atoms with Crippen LogP contribution in [0.15, 0.2) is 36.4 Å². The van der Waals surface area contributed by atoms with E-state index < -0.39 is 5.91 Å². The van der Waals surface area contributed by atoms with Crippen molar-refractivity contribution in [2.24, 2.45) is 5.73 Å². The third-order valence-corrected chi connectivity index (χ3v) is 2.39. The van der Waals surface area contributed by atoms with E-state index in [9.17, 15) is 4.79 Å². The minimum atomic E-state index is -0.433. The molecule has 76 valence electrons. The molecular formula is C12H11NO2. The van der Waals surface area contributed by atoms with Crippen LogP contribution in [0, 0.1) is 0 Å². The molecule has 2 rings (SSSR count). The van der Waals surface area contributed by atoms with Crippen molar-refractivity contribution < 1.29 is 9.90 Å². The molecule has 0 spiro atoms. The molecule has 0 bridgehead atoms. The fourth-order valence-electron chi connectivity index (χ4n) is 1.65. The standard InChI is InChI=1S/C12H11NO2/c13-12(15)11-3-1-2-9-6-8(7-14)4-5-10(9)11/h1-6,14H,7H2,(H2,13,15). The van der Waals surface area contributed by atoms with Gasteiger partial charge in [-0.05, 0) is 28.5 Å². The smallest absolute Gasteiger partial charge is 0.249 e. The Labute approximate surface area is 87.1 Å². The molecule has 2 aromatic carbocycles. The highest BCUT2D eigenvalue weighted by Crippen LogP contribution is 2.20. The number of fused-ring (bicyclic) bond motifs is 1. The molecule has 0 radical (unpaired) electrons. The summed E-state index contributed by atoms with van der Waals surface area (Å²) in [5.41, 5.74) is 6.60. The van der Waals surface area contributed by atoms with Gasteiger partial charge in [0.2, 0.25) is 5.91 Å². The van der Waals surface area contributed by atoms with Gasteiger partial charge < -0.3 is 10.8 Å². The van der Waals surface area contributed by atoms with Gasteiger partial charge in [-0.3, -0.25) is 4.79 Å². The molecular weight excluding hydrogens is 190 g/mol. The summed E-state index contributed by atoms with van der Waals surface area (Å²) in [4.78, 5) is 11.1. The van der Waals surface area contributed by atoms with E-state index in [1.807, 2.05) is 12.1 Å². The number of nitrogens with two attached hydrogens (primary N) is 1. The van der Waals surface area contributed by atoms with Gasteiger partial charge in [-0.25, -0.2) is 0 Å². The van der Waals surface area contributed by atoms with Gasteiger partial charge in [0, 0.05) is 5.56 Å². The largest absolute Gasteiger partial charge is 0.392 e. The fraction of sp³-hybridized carbons (Fsp3) is 0.0833. The Kier molecular flexibility index (Phi) is 2.39. The summed E-state index contributed by atoms with van der Waals surface area (Å²) in [5.74, 6) is -0.433. The van der Waals surface area contributed by atoms with E-state index in [2.05, 4.69) is 0 Å². The van der Waals surface area contributed by atoms with Crippen molar-refractivity contribution >= 4 is 16.7 Å². The lowest BCUT2D eigenvalue weighted by Gasteiger charge is -2.04. The van der Waals surface area contributed by atoms with Gasteiger partial charge in [-0.1, -0.05) is 24.3 Å². The second-order valence-corrected chi connectivity index (χ2v) is 3.38. The molecule has 0 aliphatic rings. The van der Waals surface area contributed by atoms with Crippen LogP contribution in [0.3, 0.4) is 0 Å². The Morgan fingerprint density at radius 1 is 1.27 bits per heavy atom. The Morgan fingerprint density at radius 2 is 2.07 bits per heavy atom. The molecule has 1 amide bonds. The third-order valence-electron chi connectivity index (χ3n) is 2.39. The Hall–Kier alpha value is -1.87. The fourth-order valence-corrected chi connectivity index (χ4v) is 1.65. The van der Waals surface area contributed by atoms with E-state index >= 15 is 0 Å². The highest BCUT2D eigenvalue weighted by Gasteiger charge is 2.05. The van der Waals surface area contributed by atoms with Crippen LogP contribution in [0.1, 0.15) is 15.9 Å².